The lowest BCUT2D eigenvalue weighted by molar-refractivity contribution is -0.137. The maximum absolute atomic E-state index is 12.4. The summed E-state index contributed by atoms with van der Waals surface area (Å²) >= 11 is 0. The van der Waals surface area contributed by atoms with Gasteiger partial charge in [-0.15, -0.1) is 0 Å². The van der Waals surface area contributed by atoms with Crippen molar-refractivity contribution in [2.24, 2.45) is 0 Å². The Morgan fingerprint density at radius 3 is 2.52 bits per heavy atom. The van der Waals surface area contributed by atoms with Gasteiger partial charge in [-0.1, -0.05) is 12.1 Å². The number of nitrogens with zero attached hydrogens (tertiary/aromatic N) is 2. The number of urea groups is 1. The highest BCUT2D eigenvalue weighted by Gasteiger charge is 2.29. The largest absolute Gasteiger partial charge is 0.416 e. The molecular weight excluding hydrogens is 285 g/mol. The lowest BCUT2D eigenvalue weighted by Crippen LogP contribution is -2.30. The van der Waals surface area contributed by atoms with E-state index in [1.165, 1.54) is 29.4 Å². The van der Waals surface area contributed by atoms with E-state index in [1.54, 1.807) is 7.05 Å². The second-order valence-electron chi connectivity index (χ2n) is 4.47. The smallest absolute Gasteiger partial charge is 0.323 e. The summed E-state index contributed by atoms with van der Waals surface area (Å²) < 4.78 is 37.3. The first-order chi connectivity index (χ1) is 9.86. The molecule has 1 aromatic heterocycles. The Kier molecular flexibility index (Phi) is 4.15. The van der Waals surface area contributed by atoms with E-state index in [2.05, 4.69) is 15.5 Å². The van der Waals surface area contributed by atoms with E-state index in [9.17, 15) is 18.0 Å². The number of benzene rings is 1. The van der Waals surface area contributed by atoms with Crippen LogP contribution in [-0.4, -0.2) is 28.2 Å². The van der Waals surface area contributed by atoms with Crippen LogP contribution < -0.4 is 5.32 Å². The van der Waals surface area contributed by atoms with Gasteiger partial charge in [0.25, 0.3) is 0 Å². The molecule has 2 N–H and O–H groups in total. The first-order valence-corrected chi connectivity index (χ1v) is 6.03. The third kappa shape index (κ3) is 3.98. The Morgan fingerprint density at radius 1 is 1.33 bits per heavy atom. The number of aromatic nitrogens is 2. The number of carbonyl (C=O) groups excluding carboxylic acids is 1. The van der Waals surface area contributed by atoms with Gasteiger partial charge < -0.3 is 10.2 Å². The molecule has 2 rings (SSSR count). The molecule has 5 nitrogen and oxygen atoms in total. The molecule has 0 radical (unpaired) electrons. The van der Waals surface area contributed by atoms with E-state index in [0.717, 1.165) is 12.1 Å². The van der Waals surface area contributed by atoms with Gasteiger partial charge in [-0.25, -0.2) is 4.79 Å². The number of hydrogen-bond acceptors (Lipinski definition) is 2. The summed E-state index contributed by atoms with van der Waals surface area (Å²) in [5.41, 5.74) is 0.406. The quantitative estimate of drug-likeness (QED) is 0.914. The van der Waals surface area contributed by atoms with E-state index >= 15 is 0 Å². The Hall–Kier alpha value is -2.51. The van der Waals surface area contributed by atoms with Crippen LogP contribution in [0.4, 0.5) is 23.7 Å². The Bertz CT molecular complexity index is 593. The minimum Gasteiger partial charge on any atom is -0.323 e. The molecule has 1 aromatic carbocycles. The number of halogens is 3. The first-order valence-electron chi connectivity index (χ1n) is 6.03. The lowest BCUT2D eigenvalue weighted by atomic mass is 10.1. The molecule has 0 fully saturated rings. The van der Waals surface area contributed by atoms with Gasteiger partial charge in [-0.05, 0) is 17.7 Å². The predicted octanol–water partition coefficient (Wildman–Crippen LogP) is 3.09. The summed E-state index contributed by atoms with van der Waals surface area (Å²) in [5, 5.41) is 8.83. The van der Waals surface area contributed by atoms with Gasteiger partial charge in [-0.2, -0.15) is 18.3 Å². The molecule has 0 aliphatic heterocycles. The SMILES string of the molecule is CN(Cc1ccc(C(F)(F)F)cc1)C(=O)Nc1cn[nH]c1. The van der Waals surface area contributed by atoms with Crippen LogP contribution in [0.1, 0.15) is 11.1 Å². The van der Waals surface area contributed by atoms with Crippen LogP contribution in [0.5, 0.6) is 0 Å². The first kappa shape index (κ1) is 14.9. The number of amides is 2. The van der Waals surface area contributed by atoms with Gasteiger partial charge in [0.1, 0.15) is 0 Å². The highest BCUT2D eigenvalue weighted by Crippen LogP contribution is 2.29. The van der Waals surface area contributed by atoms with Crippen molar-refractivity contribution in [2.75, 3.05) is 12.4 Å². The van der Waals surface area contributed by atoms with Crippen molar-refractivity contribution in [3.63, 3.8) is 0 Å². The molecule has 1 heterocycles. The fraction of sp³-hybridized carbons (Fsp3) is 0.231. The summed E-state index contributed by atoms with van der Waals surface area (Å²) in [6.45, 7) is 0.196. The van der Waals surface area contributed by atoms with Crippen molar-refractivity contribution in [3.05, 3.63) is 47.8 Å². The molecule has 2 aromatic rings. The second-order valence-corrected chi connectivity index (χ2v) is 4.47. The number of H-pyrrole nitrogens is 1. The number of aromatic amines is 1. The van der Waals surface area contributed by atoms with Crippen molar-refractivity contribution < 1.29 is 18.0 Å². The lowest BCUT2D eigenvalue weighted by Gasteiger charge is -2.17. The Labute approximate surface area is 118 Å². The van der Waals surface area contributed by atoms with Gasteiger partial charge >= 0.3 is 12.2 Å². The molecule has 0 saturated carbocycles. The molecule has 8 heteroatoms. The van der Waals surface area contributed by atoms with Gasteiger partial charge in [-0.3, -0.25) is 5.10 Å². The zero-order chi connectivity index (χ0) is 15.5. The van der Waals surface area contributed by atoms with Crippen molar-refractivity contribution in [1.29, 1.82) is 0 Å². The van der Waals surface area contributed by atoms with Crippen LogP contribution in [0.3, 0.4) is 0 Å². The average Bonchev–Trinajstić information content (AvgIpc) is 2.91. The minimum absolute atomic E-state index is 0.196. The summed E-state index contributed by atoms with van der Waals surface area (Å²) in [6.07, 6.45) is -1.39. The number of carbonyl (C=O) groups is 1. The molecule has 0 aliphatic rings. The number of nitrogens with one attached hydrogen (secondary N) is 2. The molecule has 0 aliphatic carbocycles. The predicted molar refractivity (Wildman–Crippen MR) is 70.5 cm³/mol. The minimum atomic E-state index is -4.36. The highest BCUT2D eigenvalue weighted by molar-refractivity contribution is 5.88. The summed E-state index contributed by atoms with van der Waals surface area (Å²) in [4.78, 5) is 13.2. The van der Waals surface area contributed by atoms with Crippen LogP contribution in [0, 0.1) is 0 Å². The normalized spacial score (nSPS) is 11.2. The van der Waals surface area contributed by atoms with Crippen LogP contribution in [-0.2, 0) is 12.7 Å². The van der Waals surface area contributed by atoms with Gasteiger partial charge in [0.15, 0.2) is 0 Å². The Morgan fingerprint density at radius 2 is 2.00 bits per heavy atom. The second kappa shape index (κ2) is 5.86. The van der Waals surface area contributed by atoms with Crippen LogP contribution in [0.25, 0.3) is 0 Å². The van der Waals surface area contributed by atoms with Crippen molar-refractivity contribution in [1.82, 2.24) is 15.1 Å². The van der Waals surface area contributed by atoms with E-state index in [1.807, 2.05) is 0 Å². The molecule has 0 saturated heterocycles. The van der Waals surface area contributed by atoms with Crippen LogP contribution in [0.2, 0.25) is 0 Å². The molecule has 112 valence electrons. The molecule has 0 atom stereocenters. The van der Waals surface area contributed by atoms with Crippen LogP contribution >= 0.6 is 0 Å². The van der Waals surface area contributed by atoms with Crippen molar-refractivity contribution in [2.45, 2.75) is 12.7 Å². The van der Waals surface area contributed by atoms with Gasteiger partial charge in [0.2, 0.25) is 0 Å². The third-order valence-electron chi connectivity index (χ3n) is 2.80. The molecule has 0 bridgehead atoms. The van der Waals surface area contributed by atoms with Gasteiger partial charge in [0, 0.05) is 19.8 Å². The topological polar surface area (TPSA) is 61.0 Å². The van der Waals surface area contributed by atoms with E-state index < -0.39 is 11.7 Å². The number of hydrogen-bond donors (Lipinski definition) is 2. The van der Waals surface area contributed by atoms with Crippen molar-refractivity contribution >= 4 is 11.7 Å². The Balaban J connectivity index is 1.96. The fourth-order valence-electron chi connectivity index (χ4n) is 1.68. The van der Waals surface area contributed by atoms with E-state index in [-0.39, 0.29) is 12.6 Å². The summed E-state index contributed by atoms with van der Waals surface area (Å²) in [5.74, 6) is 0. The zero-order valence-corrected chi connectivity index (χ0v) is 11.1. The molecule has 21 heavy (non-hydrogen) atoms. The molecule has 0 spiro atoms. The molecule has 2 amide bonds. The maximum atomic E-state index is 12.4. The van der Waals surface area contributed by atoms with Crippen LogP contribution in [0.15, 0.2) is 36.7 Å². The third-order valence-corrected chi connectivity index (χ3v) is 2.80. The maximum Gasteiger partial charge on any atom is 0.416 e. The monoisotopic (exact) mass is 298 g/mol. The number of anilines is 1. The average molecular weight is 298 g/mol. The van der Waals surface area contributed by atoms with E-state index in [0.29, 0.717) is 11.3 Å². The standard InChI is InChI=1S/C13H13F3N4O/c1-20(12(21)19-11-6-17-18-7-11)8-9-2-4-10(5-3-9)13(14,15)16/h2-7H,8H2,1H3,(H,17,18)(H,19,21). The highest BCUT2D eigenvalue weighted by atomic mass is 19.4. The zero-order valence-electron chi connectivity index (χ0n) is 11.1. The van der Waals surface area contributed by atoms with Crippen molar-refractivity contribution in [3.8, 4) is 0 Å². The summed E-state index contributed by atoms with van der Waals surface area (Å²) in [7, 11) is 1.55. The van der Waals surface area contributed by atoms with Gasteiger partial charge in [0.05, 0.1) is 17.4 Å². The molecule has 0 unspecified atom stereocenters. The molecular formula is C13H13F3N4O. The number of alkyl halides is 3. The fourth-order valence-corrected chi connectivity index (χ4v) is 1.68. The summed E-state index contributed by atoms with van der Waals surface area (Å²) in [6, 6.07) is 4.32. The van der Waals surface area contributed by atoms with E-state index in [4.69, 9.17) is 0 Å². The number of rotatable bonds is 3.